The molecule has 0 amide bonds. The fourth-order valence-electron chi connectivity index (χ4n) is 6.15. The van der Waals surface area contributed by atoms with Crippen molar-refractivity contribution in [3.63, 3.8) is 0 Å². The van der Waals surface area contributed by atoms with E-state index >= 15 is 0 Å². The molecule has 1 aromatic heterocycles. The van der Waals surface area contributed by atoms with E-state index in [1.54, 1.807) is 12.5 Å². The van der Waals surface area contributed by atoms with Crippen molar-refractivity contribution in [2.24, 2.45) is 23.2 Å². The van der Waals surface area contributed by atoms with Crippen LogP contribution in [0.5, 0.6) is 0 Å². The standard InChI is InChI=1S/C20H22O5/c1-9-13(21)3-5-20-16(9)14(25-19(20)23)7-12-15(11-4-6-24-8-11)10(2)18(22)17(12)20/h4,6,8-10,13-16,21H,3,5,7H2,1-2H3/t9-,10-,13+,14?,15+,16+,20+/m0/s1. The van der Waals surface area contributed by atoms with Crippen LogP contribution in [0.15, 0.2) is 34.2 Å². The van der Waals surface area contributed by atoms with Gasteiger partial charge in [0.05, 0.1) is 18.6 Å². The number of aliphatic hydroxyl groups excluding tert-OH is 1. The summed E-state index contributed by atoms with van der Waals surface area (Å²) in [5.41, 5.74) is 1.92. The van der Waals surface area contributed by atoms with Gasteiger partial charge in [-0.05, 0) is 30.4 Å². The predicted molar refractivity (Wildman–Crippen MR) is 87.5 cm³/mol. The van der Waals surface area contributed by atoms with Crippen LogP contribution in [-0.2, 0) is 14.3 Å². The Bertz CT molecular complexity index is 791. The molecule has 1 saturated carbocycles. The van der Waals surface area contributed by atoms with Crippen LogP contribution in [0.25, 0.3) is 0 Å². The summed E-state index contributed by atoms with van der Waals surface area (Å²) in [6.45, 7) is 3.93. The van der Waals surface area contributed by atoms with Crippen LogP contribution in [0, 0.1) is 23.2 Å². The van der Waals surface area contributed by atoms with Gasteiger partial charge in [0.2, 0.25) is 0 Å². The van der Waals surface area contributed by atoms with Crippen molar-refractivity contribution in [1.82, 2.24) is 0 Å². The number of aliphatic hydroxyl groups is 1. The lowest BCUT2D eigenvalue weighted by Crippen LogP contribution is -2.51. The normalized spacial score (nSPS) is 45.4. The van der Waals surface area contributed by atoms with E-state index in [9.17, 15) is 14.7 Å². The highest BCUT2D eigenvalue weighted by atomic mass is 16.6. The molecule has 4 aliphatic rings. The van der Waals surface area contributed by atoms with E-state index in [0.717, 1.165) is 11.1 Å². The van der Waals surface area contributed by atoms with Crippen molar-refractivity contribution >= 4 is 11.8 Å². The number of hydrogen-bond donors (Lipinski definition) is 1. The zero-order valence-corrected chi connectivity index (χ0v) is 14.4. The zero-order valence-electron chi connectivity index (χ0n) is 14.4. The molecule has 0 spiro atoms. The van der Waals surface area contributed by atoms with Gasteiger partial charge in [-0.1, -0.05) is 19.4 Å². The molecule has 1 aromatic rings. The van der Waals surface area contributed by atoms with Crippen molar-refractivity contribution in [1.29, 1.82) is 0 Å². The summed E-state index contributed by atoms with van der Waals surface area (Å²) in [7, 11) is 0. The van der Waals surface area contributed by atoms with Crippen molar-refractivity contribution in [2.45, 2.75) is 51.2 Å². The molecule has 7 atom stereocenters. The molecule has 0 aromatic carbocycles. The summed E-state index contributed by atoms with van der Waals surface area (Å²) in [5, 5.41) is 10.3. The van der Waals surface area contributed by atoms with Crippen molar-refractivity contribution in [2.75, 3.05) is 0 Å². The average Bonchev–Trinajstić information content (AvgIpc) is 3.23. The minimum Gasteiger partial charge on any atom is -0.472 e. The third kappa shape index (κ3) is 1.67. The Hall–Kier alpha value is -1.88. The summed E-state index contributed by atoms with van der Waals surface area (Å²) < 4.78 is 11.0. The Kier molecular flexibility index (Phi) is 2.98. The average molecular weight is 342 g/mol. The molecule has 2 bridgehead atoms. The number of hydrogen-bond acceptors (Lipinski definition) is 5. The second kappa shape index (κ2) is 4.85. The summed E-state index contributed by atoms with van der Waals surface area (Å²) >= 11 is 0. The first kappa shape index (κ1) is 15.4. The molecule has 5 rings (SSSR count). The Balaban J connectivity index is 1.71. The molecule has 2 fully saturated rings. The SMILES string of the molecule is C[C@H]1[C@H](O)CC[C@]23C(=O)OC(CC4=C2C(=O)[C@@H](C)[C@@H]4c2ccoc2)[C@@H]13. The lowest BCUT2D eigenvalue weighted by molar-refractivity contribution is -0.148. The number of ketones is 1. The Morgan fingerprint density at radius 2 is 2.08 bits per heavy atom. The fraction of sp³-hybridized carbons (Fsp3) is 0.600. The molecular weight excluding hydrogens is 320 g/mol. The monoisotopic (exact) mass is 342 g/mol. The lowest BCUT2D eigenvalue weighted by atomic mass is 9.54. The molecular formula is C20H22O5. The highest BCUT2D eigenvalue weighted by Crippen LogP contribution is 2.65. The van der Waals surface area contributed by atoms with Gasteiger partial charge in [-0.25, -0.2) is 0 Å². The predicted octanol–water partition coefficient (Wildman–Crippen LogP) is 2.60. The molecule has 1 saturated heterocycles. The van der Waals surface area contributed by atoms with E-state index in [2.05, 4.69) is 0 Å². The maximum absolute atomic E-state index is 13.3. The van der Waals surface area contributed by atoms with E-state index in [1.807, 2.05) is 19.9 Å². The second-order valence-corrected chi connectivity index (χ2v) is 8.20. The fourth-order valence-corrected chi connectivity index (χ4v) is 6.15. The van der Waals surface area contributed by atoms with Crippen molar-refractivity contribution in [3.05, 3.63) is 35.3 Å². The third-order valence-corrected chi connectivity index (χ3v) is 7.23. The highest BCUT2D eigenvalue weighted by molar-refractivity contribution is 6.09. The third-order valence-electron chi connectivity index (χ3n) is 7.23. The van der Waals surface area contributed by atoms with Crippen LogP contribution in [0.2, 0.25) is 0 Å². The summed E-state index contributed by atoms with van der Waals surface area (Å²) in [6, 6.07) is 1.91. The van der Waals surface area contributed by atoms with Crippen LogP contribution in [0.3, 0.4) is 0 Å². The Morgan fingerprint density at radius 1 is 1.28 bits per heavy atom. The lowest BCUT2D eigenvalue weighted by Gasteiger charge is -2.46. The molecule has 1 N–H and O–H groups in total. The van der Waals surface area contributed by atoms with Gasteiger partial charge in [0, 0.05) is 29.7 Å². The topological polar surface area (TPSA) is 76.7 Å². The van der Waals surface area contributed by atoms with E-state index < -0.39 is 11.5 Å². The zero-order chi connectivity index (χ0) is 17.5. The van der Waals surface area contributed by atoms with Crippen LogP contribution in [0.1, 0.15) is 44.6 Å². The summed E-state index contributed by atoms with van der Waals surface area (Å²) in [5.74, 6) is -0.533. The van der Waals surface area contributed by atoms with Gasteiger partial charge in [0.25, 0.3) is 0 Å². The first-order valence-corrected chi connectivity index (χ1v) is 9.15. The van der Waals surface area contributed by atoms with Gasteiger partial charge in [0.15, 0.2) is 5.78 Å². The largest absolute Gasteiger partial charge is 0.472 e. The molecule has 5 nitrogen and oxygen atoms in total. The first-order chi connectivity index (χ1) is 12.0. The van der Waals surface area contributed by atoms with Crippen molar-refractivity contribution in [3.8, 4) is 0 Å². The van der Waals surface area contributed by atoms with Gasteiger partial charge >= 0.3 is 5.97 Å². The molecule has 25 heavy (non-hydrogen) atoms. The number of ether oxygens (including phenoxy) is 1. The van der Waals surface area contributed by atoms with Crippen LogP contribution in [0.4, 0.5) is 0 Å². The molecule has 132 valence electrons. The number of Topliss-reactive ketones (excluding diaryl/α,β-unsaturated/α-hetero) is 1. The van der Waals surface area contributed by atoms with Crippen molar-refractivity contribution < 1.29 is 23.8 Å². The number of carbonyl (C=O) groups excluding carboxylic acids is 2. The quantitative estimate of drug-likeness (QED) is 0.794. The van der Waals surface area contributed by atoms with E-state index in [1.165, 1.54) is 0 Å². The van der Waals surface area contributed by atoms with E-state index in [4.69, 9.17) is 9.15 Å². The Morgan fingerprint density at radius 3 is 2.80 bits per heavy atom. The first-order valence-electron chi connectivity index (χ1n) is 9.15. The van der Waals surface area contributed by atoms with Crippen LogP contribution in [-0.4, -0.2) is 29.1 Å². The van der Waals surface area contributed by atoms with Gasteiger partial charge < -0.3 is 14.3 Å². The summed E-state index contributed by atoms with van der Waals surface area (Å²) in [6.07, 6.45) is 4.30. The highest BCUT2D eigenvalue weighted by Gasteiger charge is 2.69. The van der Waals surface area contributed by atoms with E-state index in [-0.39, 0.29) is 41.5 Å². The smallest absolute Gasteiger partial charge is 0.317 e. The molecule has 1 aliphatic heterocycles. The molecule has 0 radical (unpaired) electrons. The van der Waals surface area contributed by atoms with Gasteiger partial charge in [-0.15, -0.1) is 0 Å². The number of furan rings is 1. The Labute approximate surface area is 146 Å². The molecule has 1 unspecified atom stereocenters. The van der Waals surface area contributed by atoms with Crippen LogP contribution >= 0.6 is 0 Å². The molecule has 3 aliphatic carbocycles. The number of carbonyl (C=O) groups is 2. The minimum atomic E-state index is -0.847. The van der Waals surface area contributed by atoms with Crippen LogP contribution < -0.4 is 0 Å². The minimum absolute atomic E-state index is 0.0294. The van der Waals surface area contributed by atoms with Gasteiger partial charge in [-0.3, -0.25) is 9.59 Å². The van der Waals surface area contributed by atoms with Gasteiger partial charge in [0.1, 0.15) is 11.5 Å². The number of esters is 1. The van der Waals surface area contributed by atoms with E-state index in [0.29, 0.717) is 24.8 Å². The maximum atomic E-state index is 13.3. The number of rotatable bonds is 1. The molecule has 5 heteroatoms. The maximum Gasteiger partial charge on any atom is 0.317 e. The van der Waals surface area contributed by atoms with Gasteiger partial charge in [-0.2, -0.15) is 0 Å². The molecule has 2 heterocycles. The second-order valence-electron chi connectivity index (χ2n) is 8.20. The summed E-state index contributed by atoms with van der Waals surface area (Å²) in [4.78, 5) is 26.2.